The molecular weight excluding hydrogens is 234 g/mol. The van der Waals surface area contributed by atoms with Crippen LogP contribution in [0.2, 0.25) is 5.02 Å². The molecule has 1 N–H and O–H groups in total. The van der Waals surface area contributed by atoms with Gasteiger partial charge in [0, 0.05) is 24.1 Å². The number of carbonyl (C=O) groups excluding carboxylic acids is 1. The topological polar surface area (TPSA) is 29.1 Å². The first-order valence-electron chi connectivity index (χ1n) is 5.33. The first kappa shape index (κ1) is 13.3. The second kappa shape index (κ2) is 7.54. The van der Waals surface area contributed by atoms with Gasteiger partial charge in [-0.1, -0.05) is 23.7 Å². The monoisotopic (exact) mass is 247 g/mol. The van der Waals surface area contributed by atoms with E-state index in [4.69, 9.17) is 11.6 Å². The zero-order chi connectivity index (χ0) is 12.5. The maximum absolute atomic E-state index is 11.4. The Bertz CT molecular complexity index is 451. The van der Waals surface area contributed by atoms with Crippen LogP contribution in [0.3, 0.4) is 0 Å². The predicted molar refractivity (Wildman–Crippen MR) is 71.6 cm³/mol. The zero-order valence-corrected chi connectivity index (χ0v) is 10.4. The van der Waals surface area contributed by atoms with Crippen LogP contribution < -0.4 is 5.32 Å². The summed E-state index contributed by atoms with van der Waals surface area (Å²) in [6.45, 7) is 2.35. The summed E-state index contributed by atoms with van der Waals surface area (Å²) >= 11 is 5.76. The molecule has 2 nitrogen and oxygen atoms in total. The van der Waals surface area contributed by atoms with E-state index in [2.05, 4.69) is 17.2 Å². The van der Waals surface area contributed by atoms with Gasteiger partial charge in [-0.05, 0) is 30.7 Å². The minimum absolute atomic E-state index is 0.113. The fourth-order valence-corrected chi connectivity index (χ4v) is 1.30. The molecule has 0 fully saturated rings. The zero-order valence-electron chi connectivity index (χ0n) is 9.66. The van der Waals surface area contributed by atoms with Crippen LogP contribution in [0.25, 0.3) is 6.08 Å². The first-order chi connectivity index (χ1) is 8.22. The fourth-order valence-electron chi connectivity index (χ4n) is 1.18. The third-order valence-electron chi connectivity index (χ3n) is 2.02. The van der Waals surface area contributed by atoms with Gasteiger partial charge in [0.05, 0.1) is 0 Å². The molecule has 0 spiro atoms. The second-order valence-electron chi connectivity index (χ2n) is 3.35. The molecule has 0 atom stereocenters. The highest BCUT2D eigenvalue weighted by Crippen LogP contribution is 2.10. The van der Waals surface area contributed by atoms with Gasteiger partial charge in [-0.25, -0.2) is 0 Å². The minimum Gasteiger partial charge on any atom is -0.352 e. The van der Waals surface area contributed by atoms with Crippen LogP contribution in [0.4, 0.5) is 0 Å². The summed E-state index contributed by atoms with van der Waals surface area (Å²) in [5, 5.41) is 3.43. The number of amides is 1. The number of carbonyl (C=O) groups is 1. The molecule has 1 aromatic carbocycles. The SMILES string of the molecule is CC#CCCNC(=O)/C=C/c1ccc(Cl)cc1. The third kappa shape index (κ3) is 5.79. The number of halogens is 1. The lowest BCUT2D eigenvalue weighted by Crippen LogP contribution is -2.21. The summed E-state index contributed by atoms with van der Waals surface area (Å²) in [4.78, 5) is 11.4. The van der Waals surface area contributed by atoms with Crippen molar-refractivity contribution in [2.75, 3.05) is 6.54 Å². The number of nitrogens with one attached hydrogen (secondary N) is 1. The van der Waals surface area contributed by atoms with E-state index in [0.717, 1.165) is 5.56 Å². The molecule has 1 amide bonds. The van der Waals surface area contributed by atoms with E-state index < -0.39 is 0 Å². The Morgan fingerprint density at radius 2 is 2.12 bits per heavy atom. The number of rotatable bonds is 4. The van der Waals surface area contributed by atoms with Gasteiger partial charge in [-0.3, -0.25) is 4.79 Å². The normalized spacial score (nSPS) is 9.76. The molecular formula is C14H14ClNO. The van der Waals surface area contributed by atoms with E-state index in [0.29, 0.717) is 18.0 Å². The summed E-state index contributed by atoms with van der Waals surface area (Å²) in [7, 11) is 0. The van der Waals surface area contributed by atoms with Gasteiger partial charge < -0.3 is 5.32 Å². The molecule has 0 saturated carbocycles. The lowest BCUT2D eigenvalue weighted by molar-refractivity contribution is -0.116. The van der Waals surface area contributed by atoms with Crippen LogP contribution in [0.15, 0.2) is 30.3 Å². The smallest absolute Gasteiger partial charge is 0.244 e. The second-order valence-corrected chi connectivity index (χ2v) is 3.79. The molecule has 3 heteroatoms. The highest BCUT2D eigenvalue weighted by molar-refractivity contribution is 6.30. The average Bonchev–Trinajstić information content (AvgIpc) is 2.34. The van der Waals surface area contributed by atoms with E-state index in [9.17, 15) is 4.79 Å². The molecule has 0 aliphatic carbocycles. The van der Waals surface area contributed by atoms with Crippen molar-refractivity contribution in [1.29, 1.82) is 0 Å². The van der Waals surface area contributed by atoms with Crippen molar-refractivity contribution in [2.24, 2.45) is 0 Å². The Kier molecular flexibility index (Phi) is 5.92. The van der Waals surface area contributed by atoms with Crippen molar-refractivity contribution < 1.29 is 4.79 Å². The summed E-state index contributed by atoms with van der Waals surface area (Å²) in [6, 6.07) is 7.29. The maximum atomic E-state index is 11.4. The Morgan fingerprint density at radius 1 is 1.41 bits per heavy atom. The maximum Gasteiger partial charge on any atom is 0.244 e. The summed E-state index contributed by atoms with van der Waals surface area (Å²) in [5.41, 5.74) is 0.942. The van der Waals surface area contributed by atoms with Crippen molar-refractivity contribution in [3.63, 3.8) is 0 Å². The number of benzene rings is 1. The summed E-state index contributed by atoms with van der Waals surface area (Å²) in [6.07, 6.45) is 3.93. The third-order valence-corrected chi connectivity index (χ3v) is 2.28. The Morgan fingerprint density at radius 3 is 2.76 bits per heavy atom. The summed E-state index contributed by atoms with van der Waals surface area (Å²) < 4.78 is 0. The molecule has 0 aliphatic rings. The molecule has 0 aromatic heterocycles. The van der Waals surface area contributed by atoms with E-state index >= 15 is 0 Å². The van der Waals surface area contributed by atoms with Crippen molar-refractivity contribution in [2.45, 2.75) is 13.3 Å². The molecule has 0 saturated heterocycles. The Balaban J connectivity index is 2.39. The first-order valence-corrected chi connectivity index (χ1v) is 5.71. The number of hydrogen-bond donors (Lipinski definition) is 1. The minimum atomic E-state index is -0.113. The van der Waals surface area contributed by atoms with Crippen LogP contribution in [-0.2, 0) is 4.79 Å². The van der Waals surface area contributed by atoms with Crippen LogP contribution in [0.1, 0.15) is 18.9 Å². The Labute approximate surface area is 107 Å². The standard InChI is InChI=1S/C14H14ClNO/c1-2-3-4-11-16-14(17)10-7-12-5-8-13(15)9-6-12/h5-10H,4,11H2,1H3,(H,16,17)/b10-7+. The van der Waals surface area contributed by atoms with Gasteiger partial charge in [0.2, 0.25) is 5.91 Å². The molecule has 0 unspecified atom stereocenters. The van der Waals surface area contributed by atoms with E-state index in [1.165, 1.54) is 6.08 Å². The number of hydrogen-bond acceptors (Lipinski definition) is 1. The molecule has 0 radical (unpaired) electrons. The molecule has 0 heterocycles. The molecule has 0 bridgehead atoms. The van der Waals surface area contributed by atoms with E-state index in [1.54, 1.807) is 25.1 Å². The highest BCUT2D eigenvalue weighted by Gasteiger charge is 1.93. The molecule has 0 aliphatic heterocycles. The van der Waals surface area contributed by atoms with Crippen LogP contribution >= 0.6 is 11.6 Å². The fraction of sp³-hybridized carbons (Fsp3) is 0.214. The molecule has 1 aromatic rings. The lowest BCUT2D eigenvalue weighted by Gasteiger charge is -1.97. The predicted octanol–water partition coefficient (Wildman–Crippen LogP) is 2.88. The van der Waals surface area contributed by atoms with Gasteiger partial charge >= 0.3 is 0 Å². The van der Waals surface area contributed by atoms with Crippen molar-refractivity contribution >= 4 is 23.6 Å². The van der Waals surface area contributed by atoms with E-state index in [1.807, 2.05) is 12.1 Å². The van der Waals surface area contributed by atoms with Crippen molar-refractivity contribution in [3.05, 3.63) is 40.9 Å². The van der Waals surface area contributed by atoms with Crippen LogP contribution in [0, 0.1) is 11.8 Å². The molecule has 17 heavy (non-hydrogen) atoms. The van der Waals surface area contributed by atoms with Crippen molar-refractivity contribution in [3.8, 4) is 11.8 Å². The highest BCUT2D eigenvalue weighted by atomic mass is 35.5. The Hall–Kier alpha value is -1.72. The van der Waals surface area contributed by atoms with E-state index in [-0.39, 0.29) is 5.91 Å². The van der Waals surface area contributed by atoms with Gasteiger partial charge in [0.15, 0.2) is 0 Å². The summed E-state index contributed by atoms with van der Waals surface area (Å²) in [5.74, 6) is 5.54. The van der Waals surface area contributed by atoms with Crippen LogP contribution in [0.5, 0.6) is 0 Å². The van der Waals surface area contributed by atoms with Crippen molar-refractivity contribution in [1.82, 2.24) is 5.32 Å². The van der Waals surface area contributed by atoms with Gasteiger partial charge in [-0.2, -0.15) is 0 Å². The lowest BCUT2D eigenvalue weighted by atomic mass is 10.2. The van der Waals surface area contributed by atoms with Gasteiger partial charge in [0.25, 0.3) is 0 Å². The average molecular weight is 248 g/mol. The van der Waals surface area contributed by atoms with Crippen LogP contribution in [-0.4, -0.2) is 12.5 Å². The quantitative estimate of drug-likeness (QED) is 0.495. The molecule has 88 valence electrons. The van der Waals surface area contributed by atoms with Gasteiger partial charge in [-0.15, -0.1) is 11.8 Å². The van der Waals surface area contributed by atoms with Gasteiger partial charge in [0.1, 0.15) is 0 Å². The largest absolute Gasteiger partial charge is 0.352 e. The molecule has 1 rings (SSSR count).